The Balaban J connectivity index is 1.80. The van der Waals surface area contributed by atoms with Crippen LogP contribution in [0.3, 0.4) is 0 Å². The van der Waals surface area contributed by atoms with Gasteiger partial charge in [-0.2, -0.15) is 0 Å². The molecule has 21 heavy (non-hydrogen) atoms. The highest BCUT2D eigenvalue weighted by Crippen LogP contribution is 2.19. The quantitative estimate of drug-likeness (QED) is 0.781. The number of hydrogen-bond acceptors (Lipinski definition) is 3. The zero-order chi connectivity index (χ0) is 15.2. The molecular formula is C17H23NO3. The van der Waals surface area contributed by atoms with Gasteiger partial charge in [0.05, 0.1) is 13.0 Å². The monoisotopic (exact) mass is 289 g/mol. The summed E-state index contributed by atoms with van der Waals surface area (Å²) in [5.41, 5.74) is 2.50. The van der Waals surface area contributed by atoms with E-state index in [1.165, 1.54) is 18.2 Å². The number of rotatable bonds is 5. The molecule has 0 aromatic heterocycles. The van der Waals surface area contributed by atoms with Crippen LogP contribution < -0.4 is 0 Å². The van der Waals surface area contributed by atoms with E-state index in [2.05, 4.69) is 31.2 Å². The second-order valence-electron chi connectivity index (χ2n) is 5.52. The highest BCUT2D eigenvalue weighted by Gasteiger charge is 2.31. The molecule has 1 heterocycles. The van der Waals surface area contributed by atoms with Crippen molar-refractivity contribution in [1.29, 1.82) is 0 Å². The molecule has 0 radical (unpaired) electrons. The highest BCUT2D eigenvalue weighted by atomic mass is 16.5. The van der Waals surface area contributed by atoms with E-state index in [1.807, 2.05) is 0 Å². The molecule has 1 amide bonds. The van der Waals surface area contributed by atoms with E-state index in [9.17, 15) is 9.59 Å². The number of amides is 1. The predicted octanol–water partition coefficient (Wildman–Crippen LogP) is 2.20. The van der Waals surface area contributed by atoms with Crippen LogP contribution in [0.1, 0.15) is 30.9 Å². The number of aryl methyl sites for hydroxylation is 2. The van der Waals surface area contributed by atoms with Crippen LogP contribution in [0.25, 0.3) is 0 Å². The zero-order valence-corrected chi connectivity index (χ0v) is 12.8. The molecule has 1 aliphatic rings. The van der Waals surface area contributed by atoms with Crippen LogP contribution in [-0.2, 0) is 27.2 Å². The first-order valence-electron chi connectivity index (χ1n) is 7.57. The van der Waals surface area contributed by atoms with Crippen molar-refractivity contribution in [1.82, 2.24) is 4.90 Å². The molecule has 1 aliphatic heterocycles. The summed E-state index contributed by atoms with van der Waals surface area (Å²) < 4.78 is 4.74. The summed E-state index contributed by atoms with van der Waals surface area (Å²) in [4.78, 5) is 25.4. The number of benzene rings is 1. The van der Waals surface area contributed by atoms with Crippen molar-refractivity contribution < 1.29 is 14.3 Å². The summed E-state index contributed by atoms with van der Waals surface area (Å²) in [5.74, 6) is -0.232. The Bertz CT molecular complexity index is 495. The fourth-order valence-corrected chi connectivity index (χ4v) is 2.70. The van der Waals surface area contributed by atoms with Crippen molar-refractivity contribution in [3.63, 3.8) is 0 Å². The van der Waals surface area contributed by atoms with Crippen molar-refractivity contribution >= 4 is 11.9 Å². The highest BCUT2D eigenvalue weighted by molar-refractivity contribution is 5.79. The number of esters is 1. The van der Waals surface area contributed by atoms with E-state index in [0.717, 1.165) is 12.8 Å². The average molecular weight is 289 g/mol. The average Bonchev–Trinajstić information content (AvgIpc) is 3.02. The Hall–Kier alpha value is -1.84. The molecule has 2 rings (SSSR count). The maximum atomic E-state index is 12.2. The van der Waals surface area contributed by atoms with Crippen molar-refractivity contribution in [2.24, 2.45) is 5.92 Å². The van der Waals surface area contributed by atoms with E-state index in [4.69, 9.17) is 4.74 Å². The molecule has 1 fully saturated rings. The van der Waals surface area contributed by atoms with Crippen LogP contribution in [0, 0.1) is 5.92 Å². The van der Waals surface area contributed by atoms with Crippen molar-refractivity contribution in [2.75, 3.05) is 20.2 Å². The summed E-state index contributed by atoms with van der Waals surface area (Å²) in [6.07, 6.45) is 2.99. The maximum Gasteiger partial charge on any atom is 0.310 e. The number of hydrogen-bond donors (Lipinski definition) is 0. The molecule has 1 saturated heterocycles. The summed E-state index contributed by atoms with van der Waals surface area (Å²) in [5, 5.41) is 0. The van der Waals surface area contributed by atoms with Gasteiger partial charge in [0.15, 0.2) is 0 Å². The number of methoxy groups -OCH3 is 1. The second-order valence-corrected chi connectivity index (χ2v) is 5.52. The van der Waals surface area contributed by atoms with E-state index in [-0.39, 0.29) is 17.8 Å². The fourth-order valence-electron chi connectivity index (χ4n) is 2.70. The van der Waals surface area contributed by atoms with Gasteiger partial charge in [0, 0.05) is 19.5 Å². The Morgan fingerprint density at radius 3 is 2.52 bits per heavy atom. The van der Waals surface area contributed by atoms with Gasteiger partial charge in [-0.3, -0.25) is 9.59 Å². The number of nitrogens with zero attached hydrogens (tertiary/aromatic N) is 1. The van der Waals surface area contributed by atoms with E-state index in [0.29, 0.717) is 25.9 Å². The first-order chi connectivity index (χ1) is 10.1. The molecule has 0 aliphatic carbocycles. The van der Waals surface area contributed by atoms with Crippen molar-refractivity contribution in [3.8, 4) is 0 Å². The lowest BCUT2D eigenvalue weighted by molar-refractivity contribution is -0.145. The van der Waals surface area contributed by atoms with Gasteiger partial charge in [-0.15, -0.1) is 0 Å². The van der Waals surface area contributed by atoms with Gasteiger partial charge in [-0.1, -0.05) is 31.2 Å². The second kappa shape index (κ2) is 7.25. The Morgan fingerprint density at radius 2 is 1.90 bits per heavy atom. The molecule has 1 atom stereocenters. The van der Waals surface area contributed by atoms with Crippen LogP contribution >= 0.6 is 0 Å². The van der Waals surface area contributed by atoms with E-state index < -0.39 is 0 Å². The Labute approximate surface area is 126 Å². The fraction of sp³-hybridized carbons (Fsp3) is 0.529. The van der Waals surface area contributed by atoms with Crippen LogP contribution in [-0.4, -0.2) is 37.0 Å². The van der Waals surface area contributed by atoms with E-state index >= 15 is 0 Å². The molecule has 4 nitrogen and oxygen atoms in total. The van der Waals surface area contributed by atoms with Crippen molar-refractivity contribution in [3.05, 3.63) is 35.4 Å². The largest absolute Gasteiger partial charge is 0.469 e. The Kier molecular flexibility index (Phi) is 5.37. The molecular weight excluding hydrogens is 266 g/mol. The smallest absolute Gasteiger partial charge is 0.310 e. The Morgan fingerprint density at radius 1 is 1.24 bits per heavy atom. The summed E-state index contributed by atoms with van der Waals surface area (Å²) in [6, 6.07) is 8.41. The molecule has 114 valence electrons. The van der Waals surface area contributed by atoms with Gasteiger partial charge in [0.25, 0.3) is 0 Å². The lowest BCUT2D eigenvalue weighted by Crippen LogP contribution is -2.30. The lowest BCUT2D eigenvalue weighted by Gasteiger charge is -2.16. The van der Waals surface area contributed by atoms with Gasteiger partial charge in [-0.05, 0) is 30.4 Å². The molecule has 0 bridgehead atoms. The van der Waals surface area contributed by atoms with Gasteiger partial charge >= 0.3 is 5.97 Å². The zero-order valence-electron chi connectivity index (χ0n) is 12.8. The molecule has 1 aromatic rings. The lowest BCUT2D eigenvalue weighted by atomic mass is 10.1. The SMILES string of the molecule is CCc1ccc(CCC(=O)N2CCC(C(=O)OC)C2)cc1. The third kappa shape index (κ3) is 4.06. The summed E-state index contributed by atoms with van der Waals surface area (Å²) >= 11 is 0. The minimum atomic E-state index is -0.208. The summed E-state index contributed by atoms with van der Waals surface area (Å²) in [7, 11) is 1.40. The summed E-state index contributed by atoms with van der Waals surface area (Å²) in [6.45, 7) is 3.29. The molecule has 0 saturated carbocycles. The first-order valence-corrected chi connectivity index (χ1v) is 7.57. The van der Waals surface area contributed by atoms with E-state index in [1.54, 1.807) is 4.90 Å². The molecule has 4 heteroatoms. The number of carbonyl (C=O) groups excluding carboxylic acids is 2. The van der Waals surface area contributed by atoms with Crippen molar-refractivity contribution in [2.45, 2.75) is 32.6 Å². The standard InChI is InChI=1S/C17H23NO3/c1-3-13-4-6-14(7-5-13)8-9-16(19)18-11-10-15(12-18)17(20)21-2/h4-7,15H,3,8-12H2,1-2H3. The topological polar surface area (TPSA) is 46.6 Å². The first kappa shape index (κ1) is 15.5. The van der Waals surface area contributed by atoms with Gasteiger partial charge in [0.2, 0.25) is 5.91 Å². The maximum absolute atomic E-state index is 12.2. The van der Waals surface area contributed by atoms with Crippen LogP contribution in [0.2, 0.25) is 0 Å². The van der Waals surface area contributed by atoms with Crippen LogP contribution in [0.5, 0.6) is 0 Å². The van der Waals surface area contributed by atoms with Crippen LogP contribution in [0.4, 0.5) is 0 Å². The normalized spacial score (nSPS) is 17.8. The molecule has 0 N–H and O–H groups in total. The predicted molar refractivity (Wildman–Crippen MR) is 80.8 cm³/mol. The minimum absolute atomic E-state index is 0.126. The molecule has 0 spiro atoms. The minimum Gasteiger partial charge on any atom is -0.469 e. The number of ether oxygens (including phenoxy) is 1. The molecule has 1 aromatic carbocycles. The van der Waals surface area contributed by atoms with Gasteiger partial charge in [-0.25, -0.2) is 0 Å². The van der Waals surface area contributed by atoms with Crippen LogP contribution in [0.15, 0.2) is 24.3 Å². The molecule has 1 unspecified atom stereocenters. The third-order valence-electron chi connectivity index (χ3n) is 4.13. The number of likely N-dealkylation sites (tertiary alicyclic amines) is 1. The number of carbonyl (C=O) groups is 2. The van der Waals surface area contributed by atoms with Gasteiger partial charge < -0.3 is 9.64 Å². The third-order valence-corrected chi connectivity index (χ3v) is 4.13. The van der Waals surface area contributed by atoms with Gasteiger partial charge in [0.1, 0.15) is 0 Å².